The van der Waals surface area contributed by atoms with Gasteiger partial charge in [-0.1, -0.05) is 58.8 Å². The summed E-state index contributed by atoms with van der Waals surface area (Å²) < 4.78 is 0. The molecule has 0 aliphatic heterocycles. The van der Waals surface area contributed by atoms with E-state index < -0.39 is 0 Å². The maximum absolute atomic E-state index is 9.06. The fourth-order valence-electron chi connectivity index (χ4n) is 5.21. The van der Waals surface area contributed by atoms with Gasteiger partial charge in [-0.15, -0.1) is 0 Å². The fraction of sp³-hybridized carbons (Fsp3) is 0.952. The molecule has 3 unspecified atom stereocenters. The van der Waals surface area contributed by atoms with E-state index in [9.17, 15) is 0 Å². The molecule has 2 aliphatic rings. The van der Waals surface area contributed by atoms with Gasteiger partial charge in [-0.3, -0.25) is 0 Å². The van der Waals surface area contributed by atoms with Crippen LogP contribution in [-0.4, -0.2) is 0 Å². The number of unbranched alkanes of at least 4 members (excludes halogenated alkanes) is 4. The summed E-state index contributed by atoms with van der Waals surface area (Å²) in [5.41, 5.74) is 0. The maximum Gasteiger partial charge on any atom is 0.0655 e. The minimum Gasteiger partial charge on any atom is -0.198 e. The molecule has 0 N–H and O–H groups in total. The van der Waals surface area contributed by atoms with Gasteiger partial charge >= 0.3 is 0 Å². The molecule has 22 heavy (non-hydrogen) atoms. The third kappa shape index (κ3) is 5.29. The van der Waals surface area contributed by atoms with Crippen molar-refractivity contribution in [3.8, 4) is 6.07 Å². The highest BCUT2D eigenvalue weighted by molar-refractivity contribution is 4.91. The molecule has 0 amide bonds. The van der Waals surface area contributed by atoms with Crippen molar-refractivity contribution in [3.63, 3.8) is 0 Å². The third-order valence-corrected chi connectivity index (χ3v) is 6.62. The summed E-state index contributed by atoms with van der Waals surface area (Å²) in [6.07, 6.45) is 18.1. The van der Waals surface area contributed by atoms with Crippen LogP contribution in [0.25, 0.3) is 0 Å². The monoisotopic (exact) mass is 303 g/mol. The van der Waals surface area contributed by atoms with Crippen LogP contribution < -0.4 is 0 Å². The molecule has 1 heteroatoms. The summed E-state index contributed by atoms with van der Waals surface area (Å²) >= 11 is 0. The van der Waals surface area contributed by atoms with Crippen molar-refractivity contribution < 1.29 is 0 Å². The van der Waals surface area contributed by atoms with Gasteiger partial charge in [0.05, 0.1) is 6.07 Å². The van der Waals surface area contributed by atoms with Crippen LogP contribution in [0.1, 0.15) is 97.3 Å². The summed E-state index contributed by atoms with van der Waals surface area (Å²) in [6, 6.07) is 2.48. The summed E-state index contributed by atoms with van der Waals surface area (Å²) in [5, 5.41) is 9.06. The van der Waals surface area contributed by atoms with Crippen molar-refractivity contribution >= 4 is 0 Å². The molecule has 2 fully saturated rings. The van der Waals surface area contributed by atoms with Crippen LogP contribution in [0.15, 0.2) is 0 Å². The molecule has 126 valence electrons. The zero-order valence-corrected chi connectivity index (χ0v) is 15.0. The lowest BCUT2D eigenvalue weighted by molar-refractivity contribution is 0.0994. The van der Waals surface area contributed by atoms with Gasteiger partial charge in [0.1, 0.15) is 0 Å². The van der Waals surface area contributed by atoms with Gasteiger partial charge in [0.2, 0.25) is 0 Å². The highest BCUT2D eigenvalue weighted by Gasteiger charge is 2.34. The van der Waals surface area contributed by atoms with Gasteiger partial charge in [-0.2, -0.15) is 5.26 Å². The van der Waals surface area contributed by atoms with Crippen LogP contribution in [0, 0.1) is 40.9 Å². The summed E-state index contributed by atoms with van der Waals surface area (Å²) in [5.74, 6) is 4.22. The van der Waals surface area contributed by atoms with Crippen LogP contribution in [0.5, 0.6) is 0 Å². The molecule has 1 nitrogen and oxygen atoms in total. The molecule has 0 heterocycles. The molecule has 2 rings (SSSR count). The van der Waals surface area contributed by atoms with Crippen LogP contribution in [0.3, 0.4) is 0 Å². The molecule has 0 aromatic heterocycles. The van der Waals surface area contributed by atoms with Crippen molar-refractivity contribution in [3.05, 3.63) is 0 Å². The molecule has 0 spiro atoms. The average molecular weight is 304 g/mol. The zero-order chi connectivity index (χ0) is 15.8. The van der Waals surface area contributed by atoms with Crippen molar-refractivity contribution in [1.29, 1.82) is 5.26 Å². The fourth-order valence-corrected chi connectivity index (χ4v) is 5.21. The normalized spacial score (nSPS) is 36.0. The Morgan fingerprint density at radius 3 is 2.27 bits per heavy atom. The quantitative estimate of drug-likeness (QED) is 0.478. The molecule has 2 saturated carbocycles. The largest absolute Gasteiger partial charge is 0.198 e. The highest BCUT2D eigenvalue weighted by Crippen LogP contribution is 2.45. The summed E-state index contributed by atoms with van der Waals surface area (Å²) in [7, 11) is 0. The van der Waals surface area contributed by atoms with Gasteiger partial charge < -0.3 is 0 Å². The molecule has 0 aromatic carbocycles. The molecular weight excluding hydrogens is 266 g/mol. The molecule has 0 radical (unpaired) electrons. The maximum atomic E-state index is 9.06. The van der Waals surface area contributed by atoms with E-state index in [0.717, 1.165) is 23.7 Å². The number of hydrogen-bond donors (Lipinski definition) is 0. The second kappa shape index (κ2) is 9.59. The Balaban J connectivity index is 1.66. The van der Waals surface area contributed by atoms with Crippen molar-refractivity contribution in [1.82, 2.24) is 0 Å². The Kier molecular flexibility index (Phi) is 7.77. The first-order valence-corrected chi connectivity index (χ1v) is 10.1. The Morgan fingerprint density at radius 1 is 0.909 bits per heavy atom. The van der Waals surface area contributed by atoms with E-state index in [2.05, 4.69) is 19.9 Å². The van der Waals surface area contributed by atoms with Crippen molar-refractivity contribution in [2.75, 3.05) is 0 Å². The molecule has 3 atom stereocenters. The molecule has 2 aliphatic carbocycles. The predicted molar refractivity (Wildman–Crippen MR) is 94.4 cm³/mol. The zero-order valence-electron chi connectivity index (χ0n) is 15.0. The van der Waals surface area contributed by atoms with E-state index in [-0.39, 0.29) is 0 Å². The lowest BCUT2D eigenvalue weighted by atomic mass is 9.64. The minimum atomic E-state index is 0.367. The van der Waals surface area contributed by atoms with Crippen LogP contribution >= 0.6 is 0 Å². The molecule has 0 aromatic rings. The number of hydrogen-bond acceptors (Lipinski definition) is 1. The first-order chi connectivity index (χ1) is 10.7. The number of nitrogens with zero attached hydrogens (tertiary/aromatic N) is 1. The second-order valence-corrected chi connectivity index (χ2v) is 8.26. The summed E-state index contributed by atoms with van der Waals surface area (Å²) in [6.45, 7) is 4.82. The van der Waals surface area contributed by atoms with E-state index in [4.69, 9.17) is 5.26 Å². The molecule has 0 bridgehead atoms. The molecular formula is C21H37N. The molecule has 0 saturated heterocycles. The van der Waals surface area contributed by atoms with Gasteiger partial charge in [-0.25, -0.2) is 0 Å². The minimum absolute atomic E-state index is 0.367. The van der Waals surface area contributed by atoms with E-state index in [0.29, 0.717) is 5.92 Å². The Bertz CT molecular complexity index is 334. The lowest BCUT2D eigenvalue weighted by Gasteiger charge is -2.41. The van der Waals surface area contributed by atoms with E-state index >= 15 is 0 Å². The van der Waals surface area contributed by atoms with Gasteiger partial charge in [0.15, 0.2) is 0 Å². The van der Waals surface area contributed by atoms with Crippen LogP contribution in [0.4, 0.5) is 0 Å². The van der Waals surface area contributed by atoms with Gasteiger partial charge in [0.25, 0.3) is 0 Å². The smallest absolute Gasteiger partial charge is 0.0655 e. The van der Waals surface area contributed by atoms with Crippen molar-refractivity contribution in [2.45, 2.75) is 97.3 Å². The second-order valence-electron chi connectivity index (χ2n) is 8.26. The highest BCUT2D eigenvalue weighted by atomic mass is 14.4. The van der Waals surface area contributed by atoms with Gasteiger partial charge in [0, 0.05) is 5.92 Å². The lowest BCUT2D eigenvalue weighted by Crippen LogP contribution is -2.31. The van der Waals surface area contributed by atoms with E-state index in [1.807, 2.05) is 0 Å². The number of rotatable bonds is 7. The first-order valence-electron chi connectivity index (χ1n) is 10.1. The standard InChI is InChI=1S/C21H37N/c1-3-4-5-6-7-8-18-11-14-21(17(2)15-18)20-12-9-19(16-22)10-13-20/h17-21H,3-15H2,1-2H3. The Morgan fingerprint density at radius 2 is 1.64 bits per heavy atom. The number of nitriles is 1. The van der Waals surface area contributed by atoms with Crippen molar-refractivity contribution in [2.24, 2.45) is 29.6 Å². The van der Waals surface area contributed by atoms with Gasteiger partial charge in [-0.05, 0) is 62.2 Å². The first kappa shape index (κ1) is 17.8. The topological polar surface area (TPSA) is 23.8 Å². The SMILES string of the molecule is CCCCCCCC1CCC(C2CCC(C#N)CC2)C(C)C1. The average Bonchev–Trinajstić information content (AvgIpc) is 2.55. The van der Waals surface area contributed by atoms with Crippen LogP contribution in [-0.2, 0) is 0 Å². The Labute approximate surface area is 138 Å². The third-order valence-electron chi connectivity index (χ3n) is 6.62. The van der Waals surface area contributed by atoms with E-state index in [1.165, 1.54) is 83.5 Å². The van der Waals surface area contributed by atoms with Crippen LogP contribution in [0.2, 0.25) is 0 Å². The Hall–Kier alpha value is -0.510. The van der Waals surface area contributed by atoms with E-state index in [1.54, 1.807) is 0 Å². The summed E-state index contributed by atoms with van der Waals surface area (Å²) in [4.78, 5) is 0. The predicted octanol–water partition coefficient (Wildman–Crippen LogP) is 6.73.